The molecule has 1 aliphatic heterocycles. The molecule has 3 rings (SSSR count). The average molecular weight is 308 g/mol. The molecule has 5 nitrogen and oxygen atoms in total. The Morgan fingerprint density at radius 3 is 2.35 bits per heavy atom. The van der Waals surface area contributed by atoms with E-state index in [4.69, 9.17) is 9.47 Å². The fourth-order valence-corrected chi connectivity index (χ4v) is 2.37. The first-order valence-corrected chi connectivity index (χ1v) is 7.11. The maximum atomic E-state index is 12.2. The van der Waals surface area contributed by atoms with Gasteiger partial charge in [0.1, 0.15) is 23.0 Å². The predicted octanol–water partition coefficient (Wildman–Crippen LogP) is 2.62. The largest absolute Gasteiger partial charge is 0.496 e. The van der Waals surface area contributed by atoms with Crippen molar-refractivity contribution < 1.29 is 14.3 Å². The minimum Gasteiger partial charge on any atom is -0.496 e. The third-order valence-electron chi connectivity index (χ3n) is 3.49. The summed E-state index contributed by atoms with van der Waals surface area (Å²) in [6, 6.07) is 14.9. The first-order chi connectivity index (χ1) is 11.2. The Kier molecular flexibility index (Phi) is 4.10. The summed E-state index contributed by atoms with van der Waals surface area (Å²) in [4.78, 5) is 16.6. The number of aliphatic imine (C=N–C) groups is 1. The highest BCUT2D eigenvalue weighted by molar-refractivity contribution is 6.20. The molecule has 0 spiro atoms. The lowest BCUT2D eigenvalue weighted by Crippen LogP contribution is -2.25. The fraction of sp³-hybridized carbons (Fsp3) is 0.111. The monoisotopic (exact) mass is 308 g/mol. The number of benzene rings is 2. The molecular formula is C18H16N2O3. The molecule has 23 heavy (non-hydrogen) atoms. The van der Waals surface area contributed by atoms with Gasteiger partial charge < -0.3 is 14.8 Å². The topological polar surface area (TPSA) is 59.9 Å². The molecule has 2 aromatic carbocycles. The number of methoxy groups -OCH3 is 2. The average Bonchev–Trinajstić information content (AvgIpc) is 2.96. The van der Waals surface area contributed by atoms with E-state index in [1.165, 1.54) is 0 Å². The summed E-state index contributed by atoms with van der Waals surface area (Å²) in [6.45, 7) is 0. The molecule has 0 saturated heterocycles. The number of nitrogens with zero attached hydrogens (tertiary/aromatic N) is 1. The molecule has 116 valence electrons. The summed E-state index contributed by atoms with van der Waals surface area (Å²) in [6.07, 6.45) is 1.70. The van der Waals surface area contributed by atoms with Crippen LogP contribution >= 0.6 is 0 Å². The van der Waals surface area contributed by atoms with Crippen LogP contribution in [0.15, 0.2) is 59.2 Å². The highest BCUT2D eigenvalue weighted by atomic mass is 16.5. The van der Waals surface area contributed by atoms with Gasteiger partial charge in [-0.1, -0.05) is 30.3 Å². The zero-order valence-corrected chi connectivity index (χ0v) is 12.9. The number of hydrogen-bond acceptors (Lipinski definition) is 4. The maximum Gasteiger partial charge on any atom is 0.275 e. The van der Waals surface area contributed by atoms with E-state index >= 15 is 0 Å². The SMILES string of the molecule is COc1ccccc1/C=C1\N=C(c2ccccc2OC)NC1=O. The minimum atomic E-state index is -0.253. The third kappa shape index (κ3) is 2.94. The molecule has 0 aliphatic carbocycles. The molecule has 0 radical (unpaired) electrons. The van der Waals surface area contributed by atoms with Crippen molar-refractivity contribution >= 4 is 17.8 Å². The van der Waals surface area contributed by atoms with Crippen molar-refractivity contribution in [3.63, 3.8) is 0 Å². The number of rotatable bonds is 4. The van der Waals surface area contributed by atoms with Gasteiger partial charge in [0.2, 0.25) is 0 Å². The van der Waals surface area contributed by atoms with Crippen LogP contribution in [0.25, 0.3) is 6.08 Å². The molecule has 5 heteroatoms. The molecule has 1 heterocycles. The van der Waals surface area contributed by atoms with Gasteiger partial charge in [-0.15, -0.1) is 0 Å². The summed E-state index contributed by atoms with van der Waals surface area (Å²) in [5, 5.41) is 2.77. The quantitative estimate of drug-likeness (QED) is 0.883. The molecule has 2 aromatic rings. The zero-order valence-electron chi connectivity index (χ0n) is 12.9. The van der Waals surface area contributed by atoms with Crippen LogP contribution in [0.2, 0.25) is 0 Å². The number of nitrogens with one attached hydrogen (secondary N) is 1. The second kappa shape index (κ2) is 6.36. The van der Waals surface area contributed by atoms with Crippen molar-refractivity contribution in [2.45, 2.75) is 0 Å². The molecule has 0 fully saturated rings. The fourth-order valence-electron chi connectivity index (χ4n) is 2.37. The lowest BCUT2D eigenvalue weighted by atomic mass is 10.1. The van der Waals surface area contributed by atoms with Crippen molar-refractivity contribution in [2.24, 2.45) is 4.99 Å². The van der Waals surface area contributed by atoms with Crippen molar-refractivity contribution in [3.8, 4) is 11.5 Å². The first kappa shape index (κ1) is 14.8. The molecule has 0 atom stereocenters. The Morgan fingerprint density at radius 1 is 0.957 bits per heavy atom. The molecular weight excluding hydrogens is 292 g/mol. The summed E-state index contributed by atoms with van der Waals surface area (Å²) in [5.41, 5.74) is 1.87. The van der Waals surface area contributed by atoms with Crippen molar-refractivity contribution in [3.05, 3.63) is 65.4 Å². The Balaban J connectivity index is 2.00. The van der Waals surface area contributed by atoms with E-state index in [1.54, 1.807) is 20.3 Å². The molecule has 1 amide bonds. The second-order valence-corrected chi connectivity index (χ2v) is 4.89. The van der Waals surface area contributed by atoms with E-state index in [2.05, 4.69) is 10.3 Å². The number of amides is 1. The van der Waals surface area contributed by atoms with Crippen LogP contribution in [0.1, 0.15) is 11.1 Å². The maximum absolute atomic E-state index is 12.2. The van der Waals surface area contributed by atoms with Crippen molar-refractivity contribution in [2.75, 3.05) is 14.2 Å². The van der Waals surface area contributed by atoms with E-state index in [9.17, 15) is 4.79 Å². The first-order valence-electron chi connectivity index (χ1n) is 7.11. The zero-order chi connectivity index (χ0) is 16.2. The second-order valence-electron chi connectivity index (χ2n) is 4.89. The van der Waals surface area contributed by atoms with Gasteiger partial charge in [-0.3, -0.25) is 4.79 Å². The predicted molar refractivity (Wildman–Crippen MR) is 88.6 cm³/mol. The van der Waals surface area contributed by atoms with Gasteiger partial charge in [0.25, 0.3) is 5.91 Å². The number of carbonyl (C=O) groups is 1. The van der Waals surface area contributed by atoms with Crippen LogP contribution in [0.4, 0.5) is 0 Å². The van der Waals surface area contributed by atoms with Crippen LogP contribution in [-0.4, -0.2) is 26.0 Å². The van der Waals surface area contributed by atoms with E-state index in [0.29, 0.717) is 23.0 Å². The minimum absolute atomic E-state index is 0.253. The van der Waals surface area contributed by atoms with Gasteiger partial charge in [0, 0.05) is 5.56 Å². The summed E-state index contributed by atoms with van der Waals surface area (Å²) in [7, 11) is 3.18. The Hall–Kier alpha value is -3.08. The van der Waals surface area contributed by atoms with Crippen LogP contribution < -0.4 is 14.8 Å². The lowest BCUT2D eigenvalue weighted by Gasteiger charge is -2.06. The summed E-state index contributed by atoms with van der Waals surface area (Å²) >= 11 is 0. The van der Waals surface area contributed by atoms with Crippen molar-refractivity contribution in [1.29, 1.82) is 0 Å². The molecule has 0 bridgehead atoms. The van der Waals surface area contributed by atoms with Crippen LogP contribution in [0, 0.1) is 0 Å². The van der Waals surface area contributed by atoms with Gasteiger partial charge in [-0.25, -0.2) is 4.99 Å². The molecule has 1 N–H and O–H groups in total. The normalized spacial score (nSPS) is 15.3. The number of carbonyl (C=O) groups excluding carboxylic acids is 1. The van der Waals surface area contributed by atoms with Crippen molar-refractivity contribution in [1.82, 2.24) is 5.32 Å². The Bertz CT molecular complexity index is 809. The van der Waals surface area contributed by atoms with E-state index in [1.807, 2.05) is 48.5 Å². The third-order valence-corrected chi connectivity index (χ3v) is 3.49. The lowest BCUT2D eigenvalue weighted by molar-refractivity contribution is -0.115. The van der Waals surface area contributed by atoms with Gasteiger partial charge in [0.05, 0.1) is 19.8 Å². The number of amidine groups is 1. The Labute approximate surface area is 134 Å². The summed E-state index contributed by atoms with van der Waals surface area (Å²) in [5.74, 6) is 1.57. The highest BCUT2D eigenvalue weighted by Gasteiger charge is 2.23. The summed E-state index contributed by atoms with van der Waals surface area (Å²) < 4.78 is 10.6. The highest BCUT2D eigenvalue weighted by Crippen LogP contribution is 2.24. The molecule has 1 aliphatic rings. The van der Waals surface area contributed by atoms with Gasteiger partial charge in [-0.2, -0.15) is 0 Å². The van der Waals surface area contributed by atoms with E-state index < -0.39 is 0 Å². The van der Waals surface area contributed by atoms with Gasteiger partial charge >= 0.3 is 0 Å². The van der Waals surface area contributed by atoms with Crippen LogP contribution in [0.5, 0.6) is 11.5 Å². The molecule has 0 aromatic heterocycles. The van der Waals surface area contributed by atoms with Crippen LogP contribution in [-0.2, 0) is 4.79 Å². The standard InChI is InChI=1S/C18H16N2O3/c1-22-15-9-5-3-7-12(15)11-14-18(21)20-17(19-14)13-8-4-6-10-16(13)23-2/h3-11H,1-2H3,(H,19,20,21)/b14-11-. The van der Waals surface area contributed by atoms with E-state index in [-0.39, 0.29) is 5.91 Å². The van der Waals surface area contributed by atoms with Gasteiger partial charge in [-0.05, 0) is 24.3 Å². The number of ether oxygens (including phenoxy) is 2. The smallest absolute Gasteiger partial charge is 0.275 e. The Morgan fingerprint density at radius 2 is 1.61 bits per heavy atom. The van der Waals surface area contributed by atoms with E-state index in [0.717, 1.165) is 11.1 Å². The molecule has 0 saturated carbocycles. The molecule has 0 unspecified atom stereocenters. The number of para-hydroxylation sites is 2. The number of hydrogen-bond donors (Lipinski definition) is 1. The van der Waals surface area contributed by atoms with Gasteiger partial charge in [0.15, 0.2) is 0 Å². The van der Waals surface area contributed by atoms with Crippen LogP contribution in [0.3, 0.4) is 0 Å².